The summed E-state index contributed by atoms with van der Waals surface area (Å²) in [6.45, 7) is 2.18. The number of anilines is 1. The molecule has 0 aliphatic carbocycles. The van der Waals surface area contributed by atoms with Gasteiger partial charge in [-0.2, -0.15) is 0 Å². The third kappa shape index (κ3) is 4.92. The van der Waals surface area contributed by atoms with Gasteiger partial charge in [0.1, 0.15) is 5.82 Å². The van der Waals surface area contributed by atoms with Gasteiger partial charge in [-0.1, -0.05) is 35.9 Å². The summed E-state index contributed by atoms with van der Waals surface area (Å²) in [5, 5.41) is 2.94. The number of halogens is 1. The van der Waals surface area contributed by atoms with Gasteiger partial charge in [0.15, 0.2) is 0 Å². The van der Waals surface area contributed by atoms with Crippen LogP contribution in [0.3, 0.4) is 0 Å². The smallest absolute Gasteiger partial charge is 0.261 e. The Morgan fingerprint density at radius 3 is 2.66 bits per heavy atom. The van der Waals surface area contributed by atoms with Gasteiger partial charge < -0.3 is 10.3 Å². The van der Waals surface area contributed by atoms with Crippen molar-refractivity contribution in [2.75, 3.05) is 11.3 Å². The molecule has 4 aromatic rings. The number of nitrogens with zero attached hydrogens (tertiary/aromatic N) is 1. The van der Waals surface area contributed by atoms with Crippen LogP contribution in [-0.4, -0.2) is 30.8 Å². The topological polar surface area (TPSA) is 104 Å². The normalized spacial score (nSPS) is 11.4. The number of sulfonamides is 1. The van der Waals surface area contributed by atoms with E-state index < -0.39 is 15.9 Å². The first-order chi connectivity index (χ1) is 15.3. The molecule has 0 bridgehead atoms. The van der Waals surface area contributed by atoms with Crippen molar-refractivity contribution in [2.24, 2.45) is 0 Å². The standard InChI is InChI=1S/C23H21ClN4O3S/c1-15-5-4-6-16(13-15)28-32(30,31)17-9-10-19(24)18(14-17)23(29)25-12-11-22-26-20-7-2-3-8-21(20)27-22/h2-10,13-14,28H,11-12H2,1H3,(H,25,29)(H,26,27). The molecule has 4 rings (SSSR count). The van der Waals surface area contributed by atoms with Gasteiger partial charge in [0, 0.05) is 18.7 Å². The Morgan fingerprint density at radius 2 is 1.88 bits per heavy atom. The van der Waals surface area contributed by atoms with E-state index in [0.29, 0.717) is 18.7 Å². The van der Waals surface area contributed by atoms with Crippen LogP contribution in [-0.2, 0) is 16.4 Å². The number of amides is 1. The van der Waals surface area contributed by atoms with Crippen LogP contribution in [0.4, 0.5) is 5.69 Å². The van der Waals surface area contributed by atoms with E-state index >= 15 is 0 Å². The Labute approximate surface area is 190 Å². The molecule has 0 saturated heterocycles. The second-order valence-corrected chi connectivity index (χ2v) is 9.41. The molecule has 9 heteroatoms. The molecule has 0 aliphatic rings. The van der Waals surface area contributed by atoms with Crippen LogP contribution in [0.5, 0.6) is 0 Å². The highest BCUT2D eigenvalue weighted by Crippen LogP contribution is 2.23. The summed E-state index contributed by atoms with van der Waals surface area (Å²) in [6.07, 6.45) is 0.491. The van der Waals surface area contributed by atoms with Gasteiger partial charge in [-0.15, -0.1) is 0 Å². The predicted molar refractivity (Wildman–Crippen MR) is 126 cm³/mol. The number of imidazole rings is 1. The molecule has 3 N–H and O–H groups in total. The molecule has 0 aliphatic heterocycles. The number of benzene rings is 3. The summed E-state index contributed by atoms with van der Waals surface area (Å²) in [5.41, 5.74) is 3.23. The number of hydrogen-bond donors (Lipinski definition) is 3. The number of para-hydroxylation sites is 2. The molecule has 3 aromatic carbocycles. The summed E-state index contributed by atoms with van der Waals surface area (Å²) < 4.78 is 28.1. The van der Waals surface area contributed by atoms with Gasteiger partial charge in [-0.05, 0) is 55.0 Å². The average molecular weight is 469 g/mol. The second-order valence-electron chi connectivity index (χ2n) is 7.32. The highest BCUT2D eigenvalue weighted by atomic mass is 35.5. The minimum Gasteiger partial charge on any atom is -0.352 e. The first-order valence-corrected chi connectivity index (χ1v) is 11.8. The first kappa shape index (κ1) is 21.9. The van der Waals surface area contributed by atoms with Gasteiger partial charge in [0.25, 0.3) is 15.9 Å². The van der Waals surface area contributed by atoms with Gasteiger partial charge in [0.2, 0.25) is 0 Å². The van der Waals surface area contributed by atoms with Crippen LogP contribution in [0.2, 0.25) is 5.02 Å². The number of aromatic amines is 1. The molecule has 1 aromatic heterocycles. The predicted octanol–water partition coefficient (Wildman–Crippen LogP) is 4.30. The monoisotopic (exact) mass is 468 g/mol. The summed E-state index contributed by atoms with van der Waals surface area (Å²) in [4.78, 5) is 20.3. The van der Waals surface area contributed by atoms with Gasteiger partial charge >= 0.3 is 0 Å². The van der Waals surface area contributed by atoms with E-state index in [9.17, 15) is 13.2 Å². The van der Waals surface area contributed by atoms with Gasteiger partial charge in [0.05, 0.1) is 26.5 Å². The molecule has 32 heavy (non-hydrogen) atoms. The van der Waals surface area contributed by atoms with Crippen LogP contribution >= 0.6 is 11.6 Å². The lowest BCUT2D eigenvalue weighted by atomic mass is 10.2. The quantitative estimate of drug-likeness (QED) is 0.376. The number of carbonyl (C=O) groups is 1. The van der Waals surface area contributed by atoms with Gasteiger partial charge in [-0.25, -0.2) is 13.4 Å². The molecule has 0 saturated carbocycles. The maximum Gasteiger partial charge on any atom is 0.261 e. The number of aromatic nitrogens is 2. The fourth-order valence-corrected chi connectivity index (χ4v) is 4.56. The maximum atomic E-state index is 12.8. The molecule has 1 heterocycles. The van der Waals surface area contributed by atoms with E-state index in [0.717, 1.165) is 22.4 Å². The van der Waals surface area contributed by atoms with E-state index in [1.807, 2.05) is 37.3 Å². The summed E-state index contributed by atoms with van der Waals surface area (Å²) in [6, 6.07) is 18.7. The van der Waals surface area contributed by atoms with Crippen molar-refractivity contribution in [1.29, 1.82) is 0 Å². The van der Waals surface area contributed by atoms with E-state index in [2.05, 4.69) is 20.0 Å². The van der Waals surface area contributed by atoms with Crippen molar-refractivity contribution in [2.45, 2.75) is 18.2 Å². The van der Waals surface area contributed by atoms with Crippen molar-refractivity contribution < 1.29 is 13.2 Å². The van der Waals surface area contributed by atoms with Crippen LogP contribution in [0.1, 0.15) is 21.7 Å². The summed E-state index contributed by atoms with van der Waals surface area (Å²) in [7, 11) is -3.88. The Bertz CT molecular complexity index is 1370. The largest absolute Gasteiger partial charge is 0.352 e. The molecule has 0 fully saturated rings. The second kappa shape index (κ2) is 9.02. The lowest BCUT2D eigenvalue weighted by Crippen LogP contribution is -2.26. The Balaban J connectivity index is 1.45. The number of carbonyl (C=O) groups excluding carboxylic acids is 1. The summed E-state index contributed by atoms with van der Waals surface area (Å²) >= 11 is 6.18. The number of hydrogen-bond acceptors (Lipinski definition) is 4. The van der Waals surface area contributed by atoms with Crippen LogP contribution in [0.15, 0.2) is 71.6 Å². The fraction of sp³-hybridized carbons (Fsp3) is 0.130. The lowest BCUT2D eigenvalue weighted by Gasteiger charge is -2.11. The molecular formula is C23H21ClN4O3S. The third-order valence-electron chi connectivity index (χ3n) is 4.85. The molecule has 1 amide bonds. The van der Waals surface area contributed by atoms with Crippen LogP contribution in [0.25, 0.3) is 11.0 Å². The number of fused-ring (bicyclic) bond motifs is 1. The zero-order chi connectivity index (χ0) is 22.7. The van der Waals surface area contributed by atoms with E-state index in [1.165, 1.54) is 18.2 Å². The van der Waals surface area contributed by atoms with Crippen molar-refractivity contribution in [3.63, 3.8) is 0 Å². The Hall–Kier alpha value is -3.36. The molecule has 164 valence electrons. The number of rotatable bonds is 7. The molecule has 0 spiro atoms. The number of nitrogens with one attached hydrogen (secondary N) is 3. The first-order valence-electron chi connectivity index (χ1n) is 9.93. The van der Waals surface area contributed by atoms with Crippen molar-refractivity contribution in [1.82, 2.24) is 15.3 Å². The lowest BCUT2D eigenvalue weighted by molar-refractivity contribution is 0.0954. The van der Waals surface area contributed by atoms with Gasteiger partial charge in [-0.3, -0.25) is 9.52 Å². The average Bonchev–Trinajstić information content (AvgIpc) is 3.16. The zero-order valence-electron chi connectivity index (χ0n) is 17.2. The van der Waals surface area contributed by atoms with E-state index in [4.69, 9.17) is 11.6 Å². The fourth-order valence-electron chi connectivity index (χ4n) is 3.28. The SMILES string of the molecule is Cc1cccc(NS(=O)(=O)c2ccc(Cl)c(C(=O)NCCc3nc4ccccc4[nH]3)c2)c1. The minimum absolute atomic E-state index is 0.0501. The third-order valence-corrected chi connectivity index (χ3v) is 6.56. The highest BCUT2D eigenvalue weighted by Gasteiger charge is 2.19. The van der Waals surface area contributed by atoms with Crippen molar-refractivity contribution >= 4 is 44.3 Å². The van der Waals surface area contributed by atoms with Crippen LogP contribution < -0.4 is 10.0 Å². The highest BCUT2D eigenvalue weighted by molar-refractivity contribution is 7.92. The maximum absolute atomic E-state index is 12.8. The molecular weight excluding hydrogens is 448 g/mol. The Morgan fingerprint density at radius 1 is 1.06 bits per heavy atom. The van der Waals surface area contributed by atoms with Crippen molar-refractivity contribution in [3.05, 3.63) is 88.7 Å². The van der Waals surface area contributed by atoms with E-state index in [1.54, 1.807) is 18.2 Å². The van der Waals surface area contributed by atoms with E-state index in [-0.39, 0.29) is 15.5 Å². The molecule has 7 nitrogen and oxygen atoms in total. The number of aryl methyl sites for hydroxylation is 1. The van der Waals surface area contributed by atoms with Crippen LogP contribution in [0, 0.1) is 6.92 Å². The zero-order valence-corrected chi connectivity index (χ0v) is 18.8. The number of H-pyrrole nitrogens is 1. The molecule has 0 radical (unpaired) electrons. The minimum atomic E-state index is -3.88. The summed E-state index contributed by atoms with van der Waals surface area (Å²) in [5.74, 6) is 0.287. The Kier molecular flexibility index (Phi) is 6.16. The van der Waals surface area contributed by atoms with Crippen molar-refractivity contribution in [3.8, 4) is 0 Å². The molecule has 0 atom stereocenters. The molecule has 0 unspecified atom stereocenters.